The minimum absolute atomic E-state index is 0.0201. The van der Waals surface area contributed by atoms with Crippen LogP contribution in [0.25, 0.3) is 0 Å². The van der Waals surface area contributed by atoms with Crippen LogP contribution < -0.4 is 10.1 Å². The van der Waals surface area contributed by atoms with Crippen LogP contribution in [0, 0.1) is 0 Å². The van der Waals surface area contributed by atoms with Crippen molar-refractivity contribution in [3.05, 3.63) is 77.3 Å². The lowest BCUT2D eigenvalue weighted by molar-refractivity contribution is -0.116. The quantitative estimate of drug-likeness (QED) is 0.658. The number of alkyl halides is 2. The van der Waals surface area contributed by atoms with Crippen LogP contribution in [0.4, 0.5) is 14.7 Å². The van der Waals surface area contributed by atoms with E-state index < -0.39 is 12.7 Å². The third kappa shape index (κ3) is 3.31. The highest BCUT2D eigenvalue weighted by molar-refractivity contribution is 6.00. The van der Waals surface area contributed by atoms with Gasteiger partial charge in [0.15, 0.2) is 5.78 Å². The van der Waals surface area contributed by atoms with Crippen LogP contribution in [0.2, 0.25) is 0 Å². The largest absolute Gasteiger partial charge is 0.508 e. The first kappa shape index (κ1) is 19.2. The summed E-state index contributed by atoms with van der Waals surface area (Å²) >= 11 is 0. The summed E-state index contributed by atoms with van der Waals surface area (Å²) in [5.41, 5.74) is 2.17. The summed E-state index contributed by atoms with van der Waals surface area (Å²) in [6.45, 7) is -3.00. The van der Waals surface area contributed by atoms with E-state index in [1.807, 2.05) is 6.07 Å². The fourth-order valence-corrected chi connectivity index (χ4v) is 4.40. The second-order valence-corrected chi connectivity index (χ2v) is 7.45. The number of phenolic OH excluding ortho intramolecular Hbond substituents is 1. The topological polar surface area (TPSA) is 89.3 Å². The number of ketones is 1. The highest BCUT2D eigenvalue weighted by Crippen LogP contribution is 2.46. The maximum Gasteiger partial charge on any atom is 0.387 e. The third-order valence-electron chi connectivity index (χ3n) is 5.67. The molecule has 2 aromatic carbocycles. The average molecular weight is 424 g/mol. The molecule has 1 aliphatic carbocycles. The first-order valence-corrected chi connectivity index (χ1v) is 9.77. The molecule has 0 bridgehead atoms. The molecule has 2 aliphatic rings. The highest BCUT2D eigenvalue weighted by atomic mass is 19.3. The lowest BCUT2D eigenvalue weighted by Crippen LogP contribution is -2.33. The predicted octanol–water partition coefficient (Wildman–Crippen LogP) is 4.00. The number of rotatable bonds is 4. The summed E-state index contributed by atoms with van der Waals surface area (Å²) in [7, 11) is 0. The average Bonchev–Trinajstić information content (AvgIpc) is 3.21. The third-order valence-corrected chi connectivity index (χ3v) is 5.67. The number of carbonyl (C=O) groups is 1. The molecule has 1 aromatic heterocycles. The van der Waals surface area contributed by atoms with Gasteiger partial charge >= 0.3 is 6.61 Å². The summed E-state index contributed by atoms with van der Waals surface area (Å²) in [6, 6.07) is 12.6. The van der Waals surface area contributed by atoms with E-state index in [0.717, 1.165) is 0 Å². The smallest absolute Gasteiger partial charge is 0.387 e. The van der Waals surface area contributed by atoms with Crippen molar-refractivity contribution >= 4 is 11.7 Å². The minimum Gasteiger partial charge on any atom is -0.508 e. The van der Waals surface area contributed by atoms with Crippen LogP contribution in [-0.4, -0.2) is 32.3 Å². The lowest BCUT2D eigenvalue weighted by atomic mass is 9.77. The number of halogens is 2. The van der Waals surface area contributed by atoms with Gasteiger partial charge in [0.2, 0.25) is 5.95 Å². The molecule has 2 N–H and O–H groups in total. The zero-order valence-electron chi connectivity index (χ0n) is 16.2. The molecule has 0 spiro atoms. The molecule has 1 aliphatic heterocycles. The van der Waals surface area contributed by atoms with Crippen molar-refractivity contribution in [2.75, 3.05) is 5.32 Å². The molecule has 2 atom stereocenters. The number of aromatic hydroxyl groups is 1. The summed E-state index contributed by atoms with van der Waals surface area (Å²) in [5.74, 6) is 0.146. The Bertz CT molecular complexity index is 1190. The van der Waals surface area contributed by atoms with Crippen molar-refractivity contribution in [2.24, 2.45) is 0 Å². The molecular weight excluding hydrogens is 406 g/mol. The van der Waals surface area contributed by atoms with Gasteiger partial charge in [-0.1, -0.05) is 36.4 Å². The van der Waals surface area contributed by atoms with Gasteiger partial charge in [-0.05, 0) is 24.1 Å². The number of para-hydroxylation sites is 2. The number of nitrogens with one attached hydrogen (secondary N) is 1. The Morgan fingerprint density at radius 3 is 2.61 bits per heavy atom. The molecule has 0 saturated heterocycles. The van der Waals surface area contributed by atoms with Crippen LogP contribution in [0.3, 0.4) is 0 Å². The molecule has 7 nitrogen and oxygen atoms in total. The van der Waals surface area contributed by atoms with E-state index in [9.17, 15) is 18.7 Å². The second kappa shape index (κ2) is 7.50. The number of allylic oxidation sites excluding steroid dienone is 2. The predicted molar refractivity (Wildman–Crippen MR) is 107 cm³/mol. The van der Waals surface area contributed by atoms with Crippen molar-refractivity contribution < 1.29 is 23.4 Å². The van der Waals surface area contributed by atoms with Crippen LogP contribution in [0.15, 0.2) is 66.1 Å². The number of nitrogens with zero attached hydrogens (tertiary/aromatic N) is 3. The fraction of sp³-hybridized carbons (Fsp3) is 0.227. The number of carbonyl (C=O) groups excluding carboxylic acids is 1. The molecular formula is C22H18F2N4O3. The van der Waals surface area contributed by atoms with Gasteiger partial charge in [-0.3, -0.25) is 4.79 Å². The molecule has 0 saturated carbocycles. The molecule has 9 heteroatoms. The first-order chi connectivity index (χ1) is 15.0. The van der Waals surface area contributed by atoms with Gasteiger partial charge in [0.1, 0.15) is 23.9 Å². The van der Waals surface area contributed by atoms with Gasteiger partial charge in [-0.2, -0.15) is 18.9 Å². The lowest BCUT2D eigenvalue weighted by Gasteiger charge is -2.35. The maximum absolute atomic E-state index is 13.3. The molecule has 0 amide bonds. The number of Topliss-reactive ketones (excluding diaryl/α,β-unsaturated/α-hetero) is 1. The minimum atomic E-state index is -3.00. The van der Waals surface area contributed by atoms with E-state index in [-0.39, 0.29) is 29.6 Å². The van der Waals surface area contributed by atoms with Gasteiger partial charge in [0.25, 0.3) is 0 Å². The number of benzene rings is 2. The zero-order valence-corrected chi connectivity index (χ0v) is 16.2. The van der Waals surface area contributed by atoms with Gasteiger partial charge in [-0.25, -0.2) is 4.68 Å². The summed E-state index contributed by atoms with van der Waals surface area (Å²) in [6.07, 6.45) is 1.98. The van der Waals surface area contributed by atoms with Gasteiger partial charge in [0, 0.05) is 29.2 Å². The van der Waals surface area contributed by atoms with Crippen molar-refractivity contribution in [1.29, 1.82) is 0 Å². The fourth-order valence-electron chi connectivity index (χ4n) is 4.40. The van der Waals surface area contributed by atoms with E-state index in [1.54, 1.807) is 36.4 Å². The molecule has 31 heavy (non-hydrogen) atoms. The normalized spacial score (nSPS) is 20.3. The molecule has 3 aromatic rings. The van der Waals surface area contributed by atoms with Crippen LogP contribution >= 0.6 is 0 Å². The van der Waals surface area contributed by atoms with Crippen LogP contribution in [0.5, 0.6) is 11.5 Å². The summed E-state index contributed by atoms with van der Waals surface area (Å²) in [5, 5.41) is 17.6. The number of fused-ring (bicyclic) bond motifs is 1. The number of phenols is 1. The van der Waals surface area contributed by atoms with E-state index in [0.29, 0.717) is 34.8 Å². The summed E-state index contributed by atoms with van der Waals surface area (Å²) < 4.78 is 32.3. The Balaban J connectivity index is 1.62. The number of ether oxygens (including phenoxy) is 1. The van der Waals surface area contributed by atoms with Crippen LogP contribution in [-0.2, 0) is 4.79 Å². The Kier molecular flexibility index (Phi) is 4.65. The van der Waals surface area contributed by atoms with Gasteiger partial charge in [0.05, 0.1) is 0 Å². The monoisotopic (exact) mass is 424 g/mol. The maximum atomic E-state index is 13.3. The second-order valence-electron chi connectivity index (χ2n) is 7.45. The Labute approximate surface area is 176 Å². The van der Waals surface area contributed by atoms with Crippen molar-refractivity contribution in [2.45, 2.75) is 31.4 Å². The first-order valence-electron chi connectivity index (χ1n) is 9.77. The highest BCUT2D eigenvalue weighted by Gasteiger charge is 2.40. The Morgan fingerprint density at radius 1 is 1.10 bits per heavy atom. The SMILES string of the molecule is O=C1C[C@H](c2ccccc2O)CC2=C1[C@@H](c1ccccc1OC(F)F)n1ncnc1N2. The molecule has 0 radical (unpaired) electrons. The number of hydrogen-bond donors (Lipinski definition) is 2. The molecule has 158 valence electrons. The van der Waals surface area contributed by atoms with Gasteiger partial charge in [-0.15, -0.1) is 0 Å². The molecule has 0 unspecified atom stereocenters. The zero-order chi connectivity index (χ0) is 21.5. The molecule has 2 heterocycles. The van der Waals surface area contributed by atoms with Crippen LogP contribution in [0.1, 0.15) is 35.9 Å². The Hall–Kier alpha value is -3.75. The number of aromatic nitrogens is 3. The van der Waals surface area contributed by atoms with E-state index in [4.69, 9.17) is 4.74 Å². The van der Waals surface area contributed by atoms with Gasteiger partial charge < -0.3 is 15.2 Å². The van der Waals surface area contributed by atoms with Crippen molar-refractivity contribution in [3.63, 3.8) is 0 Å². The number of hydrogen-bond acceptors (Lipinski definition) is 6. The van der Waals surface area contributed by atoms with Crippen molar-refractivity contribution in [3.8, 4) is 11.5 Å². The van der Waals surface area contributed by atoms with Crippen molar-refractivity contribution in [1.82, 2.24) is 14.8 Å². The molecule has 5 rings (SSSR count). The van der Waals surface area contributed by atoms with E-state index >= 15 is 0 Å². The summed E-state index contributed by atoms with van der Waals surface area (Å²) in [4.78, 5) is 17.6. The molecule has 0 fully saturated rings. The van der Waals surface area contributed by atoms with E-state index in [1.165, 1.54) is 17.1 Å². The van der Waals surface area contributed by atoms with E-state index in [2.05, 4.69) is 15.4 Å². The standard InChI is InChI=1S/C22H18F2N4O3/c23-21(24)31-18-8-4-2-6-14(18)20-19-15(27-22-25-11-26-28(20)22)9-12(10-17(19)30)13-5-1-3-7-16(13)29/h1-8,11-12,20-21,29H,9-10H2,(H,25,26,27)/t12-,20-/m1/s1. The Morgan fingerprint density at radius 2 is 1.84 bits per heavy atom. The number of anilines is 1.